The Kier molecular flexibility index (Phi) is 7.90. The van der Waals surface area contributed by atoms with E-state index in [-0.39, 0.29) is 12.1 Å². The molecule has 0 bridgehead atoms. The number of aliphatic hydroxyl groups is 1. The van der Waals surface area contributed by atoms with Crippen LogP contribution in [0.1, 0.15) is 39.5 Å². The third kappa shape index (κ3) is 6.22. The number of rotatable bonds is 7. The van der Waals surface area contributed by atoms with Gasteiger partial charge >= 0.3 is 5.97 Å². The summed E-state index contributed by atoms with van der Waals surface area (Å²) in [5.74, 6) is -0.361. The van der Waals surface area contributed by atoms with Crippen LogP contribution in [0.2, 0.25) is 0 Å². The smallest absolute Gasteiger partial charge is 0.324 e. The summed E-state index contributed by atoms with van der Waals surface area (Å²) in [6.07, 6.45) is 2.48. The fourth-order valence-corrected chi connectivity index (χ4v) is 1.30. The molecule has 0 spiro atoms. The minimum atomic E-state index is -0.570. The van der Waals surface area contributed by atoms with E-state index in [1.54, 1.807) is 6.92 Å². The fraction of sp³-hybridized carbons (Fsp3) is 0.900. The Hall–Kier alpha value is -0.280. The highest BCUT2D eigenvalue weighted by Gasteiger charge is 2.16. The molecule has 0 radical (unpaired) electrons. The summed E-state index contributed by atoms with van der Waals surface area (Å²) in [4.78, 5) is 11.1. The molecule has 0 aromatic carbocycles. The van der Waals surface area contributed by atoms with Gasteiger partial charge in [0.15, 0.2) is 0 Å². The Bertz CT molecular complexity index is 161. The molecule has 2 unspecified atom stereocenters. The second-order valence-corrected chi connectivity index (χ2v) is 3.74. The molecule has 1 N–H and O–H groups in total. The molecule has 4 heteroatoms. The van der Waals surface area contributed by atoms with Crippen molar-refractivity contribution in [2.24, 2.45) is 0 Å². The molecule has 0 fully saturated rings. The molecular formula is C10H19ClO3. The van der Waals surface area contributed by atoms with Gasteiger partial charge in [-0.1, -0.05) is 6.92 Å². The molecular weight excluding hydrogens is 204 g/mol. The molecule has 84 valence electrons. The van der Waals surface area contributed by atoms with Crippen LogP contribution in [0.5, 0.6) is 0 Å². The molecule has 0 heterocycles. The van der Waals surface area contributed by atoms with E-state index < -0.39 is 5.38 Å². The summed E-state index contributed by atoms with van der Waals surface area (Å²) in [6.45, 7) is 4.04. The van der Waals surface area contributed by atoms with Crippen LogP contribution in [0.15, 0.2) is 0 Å². The second kappa shape index (κ2) is 8.06. The van der Waals surface area contributed by atoms with Gasteiger partial charge in [0.2, 0.25) is 0 Å². The van der Waals surface area contributed by atoms with E-state index in [0.29, 0.717) is 19.4 Å². The van der Waals surface area contributed by atoms with Crippen molar-refractivity contribution in [3.8, 4) is 0 Å². The van der Waals surface area contributed by atoms with Gasteiger partial charge in [-0.25, -0.2) is 0 Å². The molecule has 2 atom stereocenters. The van der Waals surface area contributed by atoms with Crippen LogP contribution in [0.3, 0.4) is 0 Å². The van der Waals surface area contributed by atoms with Crippen LogP contribution in [0.25, 0.3) is 0 Å². The lowest BCUT2D eigenvalue weighted by Gasteiger charge is -2.10. The van der Waals surface area contributed by atoms with E-state index in [1.807, 2.05) is 6.92 Å². The maximum absolute atomic E-state index is 11.1. The highest BCUT2D eigenvalue weighted by Crippen LogP contribution is 2.12. The number of carbonyl (C=O) groups is 1. The van der Waals surface area contributed by atoms with E-state index in [1.165, 1.54) is 0 Å². The van der Waals surface area contributed by atoms with Gasteiger partial charge in [0.25, 0.3) is 0 Å². The van der Waals surface area contributed by atoms with Crippen LogP contribution < -0.4 is 0 Å². The molecule has 0 aliphatic carbocycles. The molecule has 0 aliphatic rings. The Morgan fingerprint density at radius 1 is 1.43 bits per heavy atom. The average molecular weight is 223 g/mol. The fourth-order valence-electron chi connectivity index (χ4n) is 1.09. The maximum atomic E-state index is 11.1. The minimum Gasteiger partial charge on any atom is -0.465 e. The maximum Gasteiger partial charge on any atom is 0.324 e. The number of alkyl halides is 1. The first-order valence-corrected chi connectivity index (χ1v) is 5.54. The predicted octanol–water partition coefficient (Wildman–Crippen LogP) is 2.10. The predicted molar refractivity (Wildman–Crippen MR) is 56.4 cm³/mol. The number of hydrogen-bond donors (Lipinski definition) is 1. The van der Waals surface area contributed by atoms with Crippen molar-refractivity contribution in [2.75, 3.05) is 6.61 Å². The average Bonchev–Trinajstić information content (AvgIpc) is 2.17. The van der Waals surface area contributed by atoms with Crippen molar-refractivity contribution in [2.45, 2.75) is 51.0 Å². The lowest BCUT2D eigenvalue weighted by Crippen LogP contribution is -2.18. The van der Waals surface area contributed by atoms with E-state index >= 15 is 0 Å². The first-order chi connectivity index (χ1) is 6.61. The highest BCUT2D eigenvalue weighted by atomic mass is 35.5. The summed E-state index contributed by atoms with van der Waals surface area (Å²) in [6, 6.07) is 0. The molecule has 0 aromatic heterocycles. The molecule has 3 nitrogen and oxygen atoms in total. The van der Waals surface area contributed by atoms with Crippen molar-refractivity contribution in [1.82, 2.24) is 0 Å². The Morgan fingerprint density at radius 2 is 2.07 bits per heavy atom. The zero-order chi connectivity index (χ0) is 11.0. The van der Waals surface area contributed by atoms with Crippen molar-refractivity contribution < 1.29 is 14.6 Å². The Balaban J connectivity index is 3.52. The standard InChI is InChI=1S/C10H19ClO3/c1-3-8(12)6-5-7-9(11)10(13)14-4-2/h8-9,12H,3-7H2,1-2H3. The van der Waals surface area contributed by atoms with E-state index in [2.05, 4.69) is 0 Å². The zero-order valence-electron chi connectivity index (χ0n) is 8.83. The van der Waals surface area contributed by atoms with Crippen molar-refractivity contribution in [3.05, 3.63) is 0 Å². The largest absolute Gasteiger partial charge is 0.465 e. The van der Waals surface area contributed by atoms with Crippen molar-refractivity contribution in [3.63, 3.8) is 0 Å². The highest BCUT2D eigenvalue weighted by molar-refractivity contribution is 6.29. The number of halogens is 1. The van der Waals surface area contributed by atoms with Gasteiger partial charge in [-0.3, -0.25) is 4.79 Å². The van der Waals surface area contributed by atoms with Gasteiger partial charge in [-0.15, -0.1) is 11.6 Å². The molecule has 0 rings (SSSR count). The first-order valence-electron chi connectivity index (χ1n) is 5.10. The van der Waals surface area contributed by atoms with E-state index in [0.717, 1.165) is 12.8 Å². The van der Waals surface area contributed by atoms with Gasteiger partial charge in [0.05, 0.1) is 12.7 Å². The van der Waals surface area contributed by atoms with Crippen molar-refractivity contribution in [1.29, 1.82) is 0 Å². The lowest BCUT2D eigenvalue weighted by atomic mass is 10.1. The molecule has 0 aliphatic heterocycles. The van der Waals surface area contributed by atoms with Gasteiger partial charge in [-0.2, -0.15) is 0 Å². The number of hydrogen-bond acceptors (Lipinski definition) is 3. The molecule has 0 amide bonds. The van der Waals surface area contributed by atoms with Crippen LogP contribution in [-0.4, -0.2) is 29.2 Å². The normalized spacial score (nSPS) is 14.9. The van der Waals surface area contributed by atoms with Crippen LogP contribution >= 0.6 is 11.6 Å². The van der Waals surface area contributed by atoms with E-state index in [9.17, 15) is 9.90 Å². The quantitative estimate of drug-likeness (QED) is 0.530. The number of carbonyl (C=O) groups excluding carboxylic acids is 1. The minimum absolute atomic E-state index is 0.277. The number of aliphatic hydroxyl groups excluding tert-OH is 1. The molecule has 0 saturated carbocycles. The molecule has 0 aromatic rings. The molecule has 14 heavy (non-hydrogen) atoms. The summed E-state index contributed by atoms with van der Waals surface area (Å²) in [7, 11) is 0. The van der Waals surface area contributed by atoms with Crippen molar-refractivity contribution >= 4 is 17.6 Å². The molecule has 0 saturated heterocycles. The Labute approximate surface area is 90.4 Å². The van der Waals surface area contributed by atoms with Gasteiger partial charge < -0.3 is 9.84 Å². The monoisotopic (exact) mass is 222 g/mol. The lowest BCUT2D eigenvalue weighted by molar-refractivity contribution is -0.142. The third-order valence-corrected chi connectivity index (χ3v) is 2.40. The number of esters is 1. The Morgan fingerprint density at radius 3 is 2.57 bits per heavy atom. The van der Waals surface area contributed by atoms with Crippen LogP contribution in [-0.2, 0) is 9.53 Å². The topological polar surface area (TPSA) is 46.5 Å². The van der Waals surface area contributed by atoms with Gasteiger partial charge in [0, 0.05) is 0 Å². The van der Waals surface area contributed by atoms with Gasteiger partial charge in [0.1, 0.15) is 5.38 Å². The summed E-state index contributed by atoms with van der Waals surface area (Å²) in [5.41, 5.74) is 0. The second-order valence-electron chi connectivity index (χ2n) is 3.21. The number of ether oxygens (including phenoxy) is 1. The summed E-state index contributed by atoms with van der Waals surface area (Å²) < 4.78 is 4.75. The third-order valence-electron chi connectivity index (χ3n) is 2.01. The SMILES string of the molecule is CCOC(=O)C(Cl)CCCC(O)CC. The van der Waals surface area contributed by atoms with Crippen LogP contribution in [0.4, 0.5) is 0 Å². The van der Waals surface area contributed by atoms with Gasteiger partial charge in [-0.05, 0) is 32.6 Å². The zero-order valence-corrected chi connectivity index (χ0v) is 9.59. The van der Waals surface area contributed by atoms with Crippen LogP contribution in [0, 0.1) is 0 Å². The first kappa shape index (κ1) is 13.7. The van der Waals surface area contributed by atoms with E-state index in [4.69, 9.17) is 16.3 Å². The summed E-state index contributed by atoms with van der Waals surface area (Å²) in [5, 5.41) is 8.68. The summed E-state index contributed by atoms with van der Waals surface area (Å²) >= 11 is 5.78.